The number of halogens is 1. The summed E-state index contributed by atoms with van der Waals surface area (Å²) in [7, 11) is 0. The quantitative estimate of drug-likeness (QED) is 0.833. The molecule has 2 aromatic rings. The second kappa shape index (κ2) is 7.57. The number of hydrogen-bond acceptors (Lipinski definition) is 5. The van der Waals surface area contributed by atoms with Crippen LogP contribution in [0.3, 0.4) is 0 Å². The molecular weight excluding hydrogens is 323 g/mol. The van der Waals surface area contributed by atoms with Crippen LogP contribution < -0.4 is 15.8 Å². The Kier molecular flexibility index (Phi) is 5.49. The van der Waals surface area contributed by atoms with E-state index in [0.717, 1.165) is 0 Å². The van der Waals surface area contributed by atoms with E-state index in [9.17, 15) is 9.18 Å². The molecule has 0 fully saturated rings. The standard InChI is InChI=1S/C17H19FN6O/c1-17(2,3)11-24(15-8-9-20-14(10-19)22-15)23-16(25)21-13-7-5-4-6-12(13)18/h4-9H,11H2,1-3H3,(H2,21,23,25). The van der Waals surface area contributed by atoms with Crippen molar-refractivity contribution in [3.8, 4) is 6.07 Å². The SMILES string of the molecule is CC(C)(C)CN(NC(=O)Nc1ccccc1F)c1ccnc(C#N)n1. The number of nitrogens with zero attached hydrogens (tertiary/aromatic N) is 4. The third-order valence-electron chi connectivity index (χ3n) is 3.01. The molecule has 1 aromatic carbocycles. The summed E-state index contributed by atoms with van der Waals surface area (Å²) in [6.45, 7) is 6.38. The number of aromatic nitrogens is 2. The van der Waals surface area contributed by atoms with Crippen molar-refractivity contribution < 1.29 is 9.18 Å². The van der Waals surface area contributed by atoms with Crippen LogP contribution in [0.4, 0.5) is 20.7 Å². The number of carbonyl (C=O) groups excluding carboxylic acids is 1. The molecule has 2 amide bonds. The molecule has 0 radical (unpaired) electrons. The number of nitriles is 1. The van der Waals surface area contributed by atoms with Crippen LogP contribution in [0.15, 0.2) is 36.5 Å². The van der Waals surface area contributed by atoms with E-state index in [-0.39, 0.29) is 16.9 Å². The molecule has 7 nitrogen and oxygen atoms in total. The van der Waals surface area contributed by atoms with E-state index in [1.165, 1.54) is 29.4 Å². The van der Waals surface area contributed by atoms with E-state index < -0.39 is 11.8 Å². The van der Waals surface area contributed by atoms with Crippen LogP contribution in [0.5, 0.6) is 0 Å². The third kappa shape index (κ3) is 5.42. The van der Waals surface area contributed by atoms with E-state index in [1.54, 1.807) is 12.1 Å². The van der Waals surface area contributed by atoms with Gasteiger partial charge in [0.05, 0.1) is 5.69 Å². The number of rotatable bonds is 4. The zero-order chi connectivity index (χ0) is 18.4. The number of urea groups is 1. The minimum atomic E-state index is -0.619. The van der Waals surface area contributed by atoms with Crippen molar-refractivity contribution in [3.05, 3.63) is 48.2 Å². The molecule has 2 N–H and O–H groups in total. The van der Waals surface area contributed by atoms with Crippen molar-refractivity contribution in [3.63, 3.8) is 0 Å². The van der Waals surface area contributed by atoms with Crippen LogP contribution in [0.1, 0.15) is 26.6 Å². The molecule has 0 spiro atoms. The van der Waals surface area contributed by atoms with Crippen LogP contribution in [0.2, 0.25) is 0 Å². The highest BCUT2D eigenvalue weighted by molar-refractivity contribution is 5.90. The number of amides is 2. The van der Waals surface area contributed by atoms with Crippen molar-refractivity contribution >= 4 is 17.5 Å². The van der Waals surface area contributed by atoms with Crippen LogP contribution >= 0.6 is 0 Å². The van der Waals surface area contributed by atoms with Gasteiger partial charge in [0.15, 0.2) is 5.82 Å². The normalized spacial score (nSPS) is 10.7. The summed E-state index contributed by atoms with van der Waals surface area (Å²) in [6, 6.07) is 8.69. The van der Waals surface area contributed by atoms with E-state index >= 15 is 0 Å². The lowest BCUT2D eigenvalue weighted by Gasteiger charge is -2.30. The van der Waals surface area contributed by atoms with Gasteiger partial charge in [0.1, 0.15) is 11.9 Å². The maximum absolute atomic E-state index is 13.7. The molecule has 0 aliphatic carbocycles. The molecule has 0 aliphatic rings. The fourth-order valence-corrected chi connectivity index (χ4v) is 2.04. The first-order chi connectivity index (χ1) is 11.8. The topological polar surface area (TPSA) is 93.9 Å². The van der Waals surface area contributed by atoms with Crippen molar-refractivity contribution in [1.29, 1.82) is 5.26 Å². The molecule has 0 saturated carbocycles. The van der Waals surface area contributed by atoms with Gasteiger partial charge >= 0.3 is 6.03 Å². The van der Waals surface area contributed by atoms with Gasteiger partial charge in [0.25, 0.3) is 0 Å². The summed E-state index contributed by atoms with van der Waals surface area (Å²) in [4.78, 5) is 20.2. The summed E-state index contributed by atoms with van der Waals surface area (Å²) in [5.41, 5.74) is 2.52. The molecule has 0 saturated heterocycles. The highest BCUT2D eigenvalue weighted by atomic mass is 19.1. The minimum Gasteiger partial charge on any atom is -0.304 e. The Bertz CT molecular complexity index is 796. The van der Waals surface area contributed by atoms with Gasteiger partial charge in [-0.2, -0.15) is 10.2 Å². The summed E-state index contributed by atoms with van der Waals surface area (Å²) < 4.78 is 13.7. The van der Waals surface area contributed by atoms with E-state index in [2.05, 4.69) is 20.7 Å². The van der Waals surface area contributed by atoms with Crippen molar-refractivity contribution in [2.45, 2.75) is 20.8 Å². The Labute approximate surface area is 145 Å². The Morgan fingerprint density at radius 2 is 2.04 bits per heavy atom. The minimum absolute atomic E-state index is 0.00674. The highest BCUT2D eigenvalue weighted by Gasteiger charge is 2.20. The lowest BCUT2D eigenvalue weighted by molar-refractivity contribution is 0.249. The Morgan fingerprint density at radius 1 is 1.32 bits per heavy atom. The van der Waals surface area contributed by atoms with E-state index in [4.69, 9.17) is 5.26 Å². The predicted molar refractivity (Wildman–Crippen MR) is 92.1 cm³/mol. The van der Waals surface area contributed by atoms with Gasteiger partial charge in [0.2, 0.25) is 5.82 Å². The average molecular weight is 342 g/mol. The number of para-hydroxylation sites is 1. The third-order valence-corrected chi connectivity index (χ3v) is 3.01. The van der Waals surface area contributed by atoms with Crippen molar-refractivity contribution in [2.75, 3.05) is 16.9 Å². The van der Waals surface area contributed by atoms with Gasteiger partial charge in [0, 0.05) is 18.8 Å². The number of anilines is 2. The number of hydrogen-bond donors (Lipinski definition) is 2. The average Bonchev–Trinajstić information content (AvgIpc) is 2.55. The maximum Gasteiger partial charge on any atom is 0.338 e. The molecule has 8 heteroatoms. The van der Waals surface area contributed by atoms with Gasteiger partial charge in [-0.1, -0.05) is 32.9 Å². The Hall–Kier alpha value is -3.21. The first-order valence-electron chi connectivity index (χ1n) is 7.61. The maximum atomic E-state index is 13.7. The van der Waals surface area contributed by atoms with E-state index in [1.807, 2.05) is 26.8 Å². The zero-order valence-electron chi connectivity index (χ0n) is 14.2. The lowest BCUT2D eigenvalue weighted by Crippen LogP contribution is -2.48. The van der Waals surface area contributed by atoms with Gasteiger partial charge in [-0.15, -0.1) is 0 Å². The largest absolute Gasteiger partial charge is 0.338 e. The smallest absolute Gasteiger partial charge is 0.304 e. The summed E-state index contributed by atoms with van der Waals surface area (Å²) in [6.07, 6.45) is 1.44. The Balaban J connectivity index is 2.19. The van der Waals surface area contributed by atoms with Gasteiger partial charge in [-0.3, -0.25) is 5.01 Å². The molecule has 25 heavy (non-hydrogen) atoms. The van der Waals surface area contributed by atoms with Crippen LogP contribution in [0, 0.1) is 22.6 Å². The Morgan fingerprint density at radius 3 is 2.68 bits per heavy atom. The lowest BCUT2D eigenvalue weighted by atomic mass is 9.97. The second-order valence-corrected chi connectivity index (χ2v) is 6.54. The molecule has 1 aromatic heterocycles. The molecular formula is C17H19FN6O. The monoisotopic (exact) mass is 342 g/mol. The van der Waals surface area contributed by atoms with Crippen molar-refractivity contribution in [2.24, 2.45) is 5.41 Å². The molecule has 2 rings (SSSR count). The molecule has 0 bridgehead atoms. The van der Waals surface area contributed by atoms with Crippen LogP contribution in [0.25, 0.3) is 0 Å². The molecule has 0 unspecified atom stereocenters. The molecule has 130 valence electrons. The van der Waals surface area contributed by atoms with Crippen LogP contribution in [-0.2, 0) is 0 Å². The van der Waals surface area contributed by atoms with Gasteiger partial charge in [-0.25, -0.2) is 19.6 Å². The summed E-state index contributed by atoms with van der Waals surface area (Å²) in [5.74, 6) is -0.174. The van der Waals surface area contributed by atoms with Crippen molar-refractivity contribution in [1.82, 2.24) is 15.4 Å². The zero-order valence-corrected chi connectivity index (χ0v) is 14.2. The second-order valence-electron chi connectivity index (χ2n) is 6.54. The van der Waals surface area contributed by atoms with Gasteiger partial charge in [-0.05, 0) is 17.5 Å². The van der Waals surface area contributed by atoms with Gasteiger partial charge < -0.3 is 5.32 Å². The number of carbonyl (C=O) groups is 1. The predicted octanol–water partition coefficient (Wildman–Crippen LogP) is 3.08. The highest BCUT2D eigenvalue weighted by Crippen LogP contribution is 2.19. The number of hydrazine groups is 1. The van der Waals surface area contributed by atoms with Crippen LogP contribution in [-0.4, -0.2) is 22.5 Å². The molecule has 1 heterocycles. The first-order valence-corrected chi connectivity index (χ1v) is 7.61. The fourth-order valence-electron chi connectivity index (χ4n) is 2.04. The molecule has 0 aliphatic heterocycles. The summed E-state index contributed by atoms with van der Waals surface area (Å²) in [5, 5.41) is 12.9. The molecule has 0 atom stereocenters. The number of benzene rings is 1. The summed E-state index contributed by atoms with van der Waals surface area (Å²) >= 11 is 0. The first kappa shape index (κ1) is 18.1. The fraction of sp³-hybridized carbons (Fsp3) is 0.294. The van der Waals surface area contributed by atoms with E-state index in [0.29, 0.717) is 12.4 Å². The number of nitrogens with one attached hydrogen (secondary N) is 2.